The van der Waals surface area contributed by atoms with Gasteiger partial charge in [-0.1, -0.05) is 366 Å². The van der Waals surface area contributed by atoms with E-state index in [1.54, 1.807) is 0 Å². The fourth-order valence-electron chi connectivity index (χ4n) is 11.2. The van der Waals surface area contributed by atoms with E-state index >= 15 is 0 Å². The first kappa shape index (κ1) is 77.9. The van der Waals surface area contributed by atoms with Crippen molar-refractivity contribution < 1.29 is 28.6 Å². The maximum absolute atomic E-state index is 12.9. The first-order valence-electron chi connectivity index (χ1n) is 36.3. The van der Waals surface area contributed by atoms with Crippen LogP contribution in [0.2, 0.25) is 0 Å². The van der Waals surface area contributed by atoms with Crippen molar-refractivity contribution >= 4 is 17.9 Å². The summed E-state index contributed by atoms with van der Waals surface area (Å²) in [6, 6.07) is 0. The minimum Gasteiger partial charge on any atom is -0.462 e. The molecular formula is C74H140O6. The Morgan fingerprint density at radius 2 is 0.450 bits per heavy atom. The van der Waals surface area contributed by atoms with E-state index in [2.05, 4.69) is 45.1 Å². The highest BCUT2D eigenvalue weighted by molar-refractivity contribution is 5.71. The number of unbranched alkanes of at least 4 members (excludes halogenated alkanes) is 53. The molecule has 6 heteroatoms. The van der Waals surface area contributed by atoms with Crippen LogP contribution in [0.5, 0.6) is 0 Å². The van der Waals surface area contributed by atoms with Gasteiger partial charge in [0.1, 0.15) is 13.2 Å². The second-order valence-electron chi connectivity index (χ2n) is 24.9. The smallest absolute Gasteiger partial charge is 0.306 e. The zero-order chi connectivity index (χ0) is 57.8. The molecule has 0 amide bonds. The number of rotatable bonds is 68. The number of carbonyl (C=O) groups is 3. The molecule has 80 heavy (non-hydrogen) atoms. The van der Waals surface area contributed by atoms with Crippen molar-refractivity contribution in [1.82, 2.24) is 0 Å². The molecule has 6 nitrogen and oxygen atoms in total. The van der Waals surface area contributed by atoms with Gasteiger partial charge in [-0.3, -0.25) is 14.4 Å². The summed E-state index contributed by atoms with van der Waals surface area (Å²) < 4.78 is 17.0. The van der Waals surface area contributed by atoms with Crippen molar-refractivity contribution in [2.24, 2.45) is 0 Å². The molecular weight excluding hydrogens is 985 g/mol. The molecule has 0 bridgehead atoms. The lowest BCUT2D eigenvalue weighted by atomic mass is 10.0. The van der Waals surface area contributed by atoms with Gasteiger partial charge >= 0.3 is 17.9 Å². The van der Waals surface area contributed by atoms with Gasteiger partial charge in [-0.15, -0.1) is 0 Å². The highest BCUT2D eigenvalue weighted by Gasteiger charge is 2.19. The van der Waals surface area contributed by atoms with E-state index in [1.165, 1.54) is 308 Å². The molecule has 0 rings (SSSR count). The minimum atomic E-state index is -0.769. The average molecular weight is 1130 g/mol. The highest BCUT2D eigenvalue weighted by atomic mass is 16.6. The Kier molecular flexibility index (Phi) is 67.6. The molecule has 472 valence electrons. The van der Waals surface area contributed by atoms with Crippen LogP contribution in [0.4, 0.5) is 0 Å². The van der Waals surface area contributed by atoms with Gasteiger partial charge in [0, 0.05) is 19.3 Å². The third-order valence-electron chi connectivity index (χ3n) is 16.7. The summed E-state index contributed by atoms with van der Waals surface area (Å²) in [5, 5.41) is 0. The lowest BCUT2D eigenvalue weighted by Crippen LogP contribution is -2.30. The third-order valence-corrected chi connectivity index (χ3v) is 16.7. The molecule has 0 fully saturated rings. The van der Waals surface area contributed by atoms with E-state index < -0.39 is 6.10 Å². The normalized spacial score (nSPS) is 12.1. The molecule has 0 aromatic carbocycles. The Balaban J connectivity index is 4.14. The van der Waals surface area contributed by atoms with Gasteiger partial charge in [-0.25, -0.2) is 0 Å². The van der Waals surface area contributed by atoms with Crippen LogP contribution in [0.25, 0.3) is 0 Å². The number of esters is 3. The van der Waals surface area contributed by atoms with Crippen LogP contribution in [-0.4, -0.2) is 37.2 Å². The molecule has 0 aliphatic rings. The molecule has 0 aromatic heterocycles. The van der Waals surface area contributed by atoms with Gasteiger partial charge in [0.25, 0.3) is 0 Å². The molecule has 1 unspecified atom stereocenters. The van der Waals surface area contributed by atoms with E-state index in [0.717, 1.165) is 64.2 Å². The van der Waals surface area contributed by atoms with Crippen molar-refractivity contribution in [3.05, 3.63) is 24.3 Å². The second-order valence-corrected chi connectivity index (χ2v) is 24.9. The lowest BCUT2D eigenvalue weighted by Gasteiger charge is -2.18. The van der Waals surface area contributed by atoms with Crippen LogP contribution in [0, 0.1) is 0 Å². The molecule has 0 saturated heterocycles. The Morgan fingerprint density at radius 3 is 0.688 bits per heavy atom. The Morgan fingerprint density at radius 1 is 0.250 bits per heavy atom. The Labute approximate surface area is 500 Å². The number of allylic oxidation sites excluding steroid dienone is 4. The fourth-order valence-corrected chi connectivity index (χ4v) is 11.2. The van der Waals surface area contributed by atoms with Gasteiger partial charge in [-0.2, -0.15) is 0 Å². The molecule has 0 aliphatic carbocycles. The molecule has 0 radical (unpaired) electrons. The molecule has 0 heterocycles. The first-order chi connectivity index (χ1) is 39.5. The predicted molar refractivity (Wildman–Crippen MR) is 349 cm³/mol. The van der Waals surface area contributed by atoms with Gasteiger partial charge in [-0.05, 0) is 51.4 Å². The van der Waals surface area contributed by atoms with Crippen molar-refractivity contribution in [3.63, 3.8) is 0 Å². The number of hydrogen-bond donors (Lipinski definition) is 0. The van der Waals surface area contributed by atoms with Crippen LogP contribution in [0.1, 0.15) is 412 Å². The summed E-state index contributed by atoms with van der Waals surface area (Å²) in [7, 11) is 0. The van der Waals surface area contributed by atoms with Crippen LogP contribution in [0.3, 0.4) is 0 Å². The van der Waals surface area contributed by atoms with Crippen LogP contribution < -0.4 is 0 Å². The van der Waals surface area contributed by atoms with Gasteiger partial charge in [0.15, 0.2) is 6.10 Å². The summed E-state index contributed by atoms with van der Waals surface area (Å²) in [4.78, 5) is 38.4. The molecule has 0 aromatic rings. The van der Waals surface area contributed by atoms with E-state index in [-0.39, 0.29) is 31.1 Å². The monoisotopic (exact) mass is 1130 g/mol. The van der Waals surface area contributed by atoms with Gasteiger partial charge in [0.2, 0.25) is 0 Å². The van der Waals surface area contributed by atoms with Gasteiger partial charge < -0.3 is 14.2 Å². The van der Waals surface area contributed by atoms with Crippen molar-refractivity contribution in [3.8, 4) is 0 Å². The summed E-state index contributed by atoms with van der Waals surface area (Å²) in [6.45, 7) is 6.70. The highest BCUT2D eigenvalue weighted by Crippen LogP contribution is 2.19. The SMILES string of the molecule is CCCCCCC/C=C\C/C=C\CCCCCCCCCCCCCC(=O)OC(COC(=O)CCCCCCCCCCCCC)COC(=O)CCCCCCCCCCCCCCCCCCCCCCCCCCCCCC. The Bertz CT molecular complexity index is 1290. The third kappa shape index (κ3) is 66.7. The van der Waals surface area contributed by atoms with Crippen LogP contribution in [-0.2, 0) is 28.6 Å². The molecule has 0 spiro atoms. The quantitative estimate of drug-likeness (QED) is 0.0261. The van der Waals surface area contributed by atoms with E-state index in [1.807, 2.05) is 0 Å². The van der Waals surface area contributed by atoms with Gasteiger partial charge in [0.05, 0.1) is 0 Å². The lowest BCUT2D eigenvalue weighted by molar-refractivity contribution is -0.167. The van der Waals surface area contributed by atoms with Crippen LogP contribution >= 0.6 is 0 Å². The summed E-state index contributed by atoms with van der Waals surface area (Å²) in [6.07, 6.45) is 85.1. The maximum Gasteiger partial charge on any atom is 0.306 e. The van der Waals surface area contributed by atoms with E-state index in [4.69, 9.17) is 14.2 Å². The summed E-state index contributed by atoms with van der Waals surface area (Å²) in [5.74, 6) is -0.836. The molecule has 1 atom stereocenters. The molecule has 0 N–H and O–H groups in total. The topological polar surface area (TPSA) is 78.9 Å². The van der Waals surface area contributed by atoms with Crippen LogP contribution in [0.15, 0.2) is 24.3 Å². The zero-order valence-corrected chi connectivity index (χ0v) is 54.4. The van der Waals surface area contributed by atoms with E-state index in [9.17, 15) is 14.4 Å². The van der Waals surface area contributed by atoms with E-state index in [0.29, 0.717) is 19.3 Å². The fraction of sp³-hybridized carbons (Fsp3) is 0.905. The second kappa shape index (κ2) is 69.4. The minimum absolute atomic E-state index is 0.0654. The summed E-state index contributed by atoms with van der Waals surface area (Å²) >= 11 is 0. The average Bonchev–Trinajstić information content (AvgIpc) is 3.46. The Hall–Kier alpha value is -2.11. The first-order valence-corrected chi connectivity index (χ1v) is 36.3. The maximum atomic E-state index is 12.9. The summed E-state index contributed by atoms with van der Waals surface area (Å²) in [5.41, 5.74) is 0. The predicted octanol–water partition coefficient (Wildman–Crippen LogP) is 25.0. The van der Waals surface area contributed by atoms with Crippen molar-refractivity contribution in [1.29, 1.82) is 0 Å². The number of carbonyl (C=O) groups excluding carboxylic acids is 3. The molecule has 0 saturated carbocycles. The number of ether oxygens (including phenoxy) is 3. The zero-order valence-electron chi connectivity index (χ0n) is 54.4. The molecule has 0 aliphatic heterocycles. The van der Waals surface area contributed by atoms with Crippen molar-refractivity contribution in [2.75, 3.05) is 13.2 Å². The standard InChI is InChI=1S/C74H140O6/c1-4-7-10-13-16-19-22-24-26-28-30-32-34-35-36-37-38-40-41-43-45-47-49-52-55-58-61-64-67-73(76)79-70-71(69-78-72(75)66-63-60-57-54-51-21-18-15-12-9-6-3)80-74(77)68-65-62-59-56-53-50-48-46-44-42-39-33-31-29-27-25-23-20-17-14-11-8-5-2/h23,25,29,31,71H,4-22,24,26-28,30,32-70H2,1-3H3/b25-23-,31-29-. The van der Waals surface area contributed by atoms with Crippen molar-refractivity contribution in [2.45, 2.75) is 419 Å². The largest absolute Gasteiger partial charge is 0.462 e. The number of hydrogen-bond acceptors (Lipinski definition) is 6.